The highest BCUT2D eigenvalue weighted by Gasteiger charge is 2.24. The second-order valence-electron chi connectivity index (χ2n) is 6.35. The highest BCUT2D eigenvalue weighted by molar-refractivity contribution is 7.13. The van der Waals surface area contributed by atoms with Crippen molar-refractivity contribution in [1.82, 2.24) is 15.2 Å². The van der Waals surface area contributed by atoms with E-state index in [1.54, 1.807) is 32.6 Å². The summed E-state index contributed by atoms with van der Waals surface area (Å²) in [6, 6.07) is 5.83. The number of nitrogens with one attached hydrogen (secondary N) is 1. The third-order valence-corrected chi connectivity index (χ3v) is 5.70. The Morgan fingerprint density at radius 3 is 2.73 bits per heavy atom. The van der Waals surface area contributed by atoms with Crippen LogP contribution in [0.2, 0.25) is 0 Å². The SMILES string of the molecule is CNC(=O)C1CCN(Cc2csc(-c3cccc(OC)c3OC)n2)CC1. The summed E-state index contributed by atoms with van der Waals surface area (Å²) in [7, 11) is 4.99. The first kappa shape index (κ1) is 18.7. The van der Waals surface area contributed by atoms with Gasteiger partial charge in [-0.15, -0.1) is 11.3 Å². The average molecular weight is 375 g/mol. The van der Waals surface area contributed by atoms with Crippen LogP contribution in [0, 0.1) is 5.92 Å². The molecule has 26 heavy (non-hydrogen) atoms. The predicted octanol–water partition coefficient (Wildman–Crippen LogP) is 2.79. The van der Waals surface area contributed by atoms with E-state index < -0.39 is 0 Å². The normalized spacial score (nSPS) is 15.7. The molecule has 0 unspecified atom stereocenters. The smallest absolute Gasteiger partial charge is 0.222 e. The van der Waals surface area contributed by atoms with Crippen LogP contribution in [0.25, 0.3) is 10.6 Å². The van der Waals surface area contributed by atoms with Crippen LogP contribution in [-0.2, 0) is 11.3 Å². The fourth-order valence-corrected chi connectivity index (χ4v) is 4.18. The minimum absolute atomic E-state index is 0.142. The highest BCUT2D eigenvalue weighted by atomic mass is 32.1. The van der Waals surface area contributed by atoms with Crippen molar-refractivity contribution < 1.29 is 14.3 Å². The van der Waals surface area contributed by atoms with Gasteiger partial charge in [0.05, 0.1) is 25.5 Å². The van der Waals surface area contributed by atoms with Gasteiger partial charge in [0.25, 0.3) is 0 Å². The quantitative estimate of drug-likeness (QED) is 0.841. The van der Waals surface area contributed by atoms with Gasteiger partial charge in [-0.05, 0) is 38.1 Å². The molecule has 1 aromatic heterocycles. The molecule has 1 aromatic carbocycles. The maximum Gasteiger partial charge on any atom is 0.222 e. The molecule has 6 nitrogen and oxygen atoms in total. The third-order valence-electron chi connectivity index (χ3n) is 4.78. The van der Waals surface area contributed by atoms with Gasteiger partial charge < -0.3 is 14.8 Å². The first-order valence-electron chi connectivity index (χ1n) is 8.76. The van der Waals surface area contributed by atoms with Gasteiger partial charge in [0, 0.05) is 24.9 Å². The molecule has 140 valence electrons. The van der Waals surface area contributed by atoms with Crippen molar-refractivity contribution in [2.45, 2.75) is 19.4 Å². The summed E-state index contributed by atoms with van der Waals surface area (Å²) in [5, 5.41) is 5.77. The molecule has 1 amide bonds. The van der Waals surface area contributed by atoms with Crippen molar-refractivity contribution in [3.63, 3.8) is 0 Å². The summed E-state index contributed by atoms with van der Waals surface area (Å²) >= 11 is 1.61. The lowest BCUT2D eigenvalue weighted by Gasteiger charge is -2.30. The van der Waals surface area contributed by atoms with E-state index in [-0.39, 0.29) is 11.8 Å². The van der Waals surface area contributed by atoms with Gasteiger partial charge in [-0.2, -0.15) is 0 Å². The standard InChI is InChI=1S/C19H25N3O3S/c1-20-18(23)13-7-9-22(10-8-13)11-14-12-26-19(21-14)15-5-4-6-16(24-2)17(15)25-3/h4-6,12-13H,7-11H2,1-3H3,(H,20,23). The molecule has 0 bridgehead atoms. The molecule has 2 heterocycles. The molecule has 1 N–H and O–H groups in total. The lowest BCUT2D eigenvalue weighted by Crippen LogP contribution is -2.39. The number of carbonyl (C=O) groups is 1. The Morgan fingerprint density at radius 1 is 1.31 bits per heavy atom. The molecule has 0 spiro atoms. The van der Waals surface area contributed by atoms with Crippen LogP contribution in [0.4, 0.5) is 0 Å². The molecule has 1 fully saturated rings. The molecule has 1 saturated heterocycles. The van der Waals surface area contributed by atoms with Crippen LogP contribution >= 0.6 is 11.3 Å². The van der Waals surface area contributed by atoms with E-state index in [4.69, 9.17) is 14.5 Å². The number of rotatable bonds is 6. The molecule has 3 rings (SSSR count). The Labute approximate surface area is 158 Å². The third kappa shape index (κ3) is 3.99. The molecular weight excluding hydrogens is 350 g/mol. The van der Waals surface area contributed by atoms with Crippen molar-refractivity contribution in [1.29, 1.82) is 0 Å². The van der Waals surface area contributed by atoms with Gasteiger partial charge in [-0.1, -0.05) is 6.07 Å². The lowest BCUT2D eigenvalue weighted by atomic mass is 9.96. The minimum atomic E-state index is 0.142. The molecule has 7 heteroatoms. The Hall–Kier alpha value is -2.12. The number of piperidine rings is 1. The number of benzene rings is 1. The van der Waals surface area contributed by atoms with Gasteiger partial charge in [-0.3, -0.25) is 9.69 Å². The van der Waals surface area contributed by atoms with Crippen molar-refractivity contribution >= 4 is 17.2 Å². The van der Waals surface area contributed by atoms with Crippen LogP contribution in [0.1, 0.15) is 18.5 Å². The average Bonchev–Trinajstić information content (AvgIpc) is 3.15. The van der Waals surface area contributed by atoms with Gasteiger partial charge in [-0.25, -0.2) is 4.98 Å². The minimum Gasteiger partial charge on any atom is -0.493 e. The first-order valence-corrected chi connectivity index (χ1v) is 9.64. The van der Waals surface area contributed by atoms with E-state index in [9.17, 15) is 4.79 Å². The summed E-state index contributed by atoms with van der Waals surface area (Å²) in [4.78, 5) is 18.9. The topological polar surface area (TPSA) is 63.7 Å². The Kier molecular flexibility index (Phi) is 6.11. The predicted molar refractivity (Wildman–Crippen MR) is 103 cm³/mol. The molecule has 2 aromatic rings. The van der Waals surface area contributed by atoms with E-state index in [0.29, 0.717) is 11.5 Å². The maximum atomic E-state index is 11.7. The summed E-state index contributed by atoms with van der Waals surface area (Å²) < 4.78 is 10.9. The summed E-state index contributed by atoms with van der Waals surface area (Å²) in [6.45, 7) is 2.66. The lowest BCUT2D eigenvalue weighted by molar-refractivity contribution is -0.125. The second kappa shape index (κ2) is 8.51. The molecule has 0 radical (unpaired) electrons. The monoisotopic (exact) mass is 375 g/mol. The number of carbonyl (C=O) groups excluding carboxylic acids is 1. The zero-order valence-corrected chi connectivity index (χ0v) is 16.3. The number of para-hydroxylation sites is 1. The number of hydrogen-bond donors (Lipinski definition) is 1. The number of ether oxygens (including phenoxy) is 2. The fourth-order valence-electron chi connectivity index (χ4n) is 3.35. The van der Waals surface area contributed by atoms with Crippen molar-refractivity contribution in [2.75, 3.05) is 34.4 Å². The number of hydrogen-bond acceptors (Lipinski definition) is 6. The van der Waals surface area contributed by atoms with Crippen LogP contribution in [0.3, 0.4) is 0 Å². The van der Waals surface area contributed by atoms with Gasteiger partial charge in [0.2, 0.25) is 5.91 Å². The second-order valence-corrected chi connectivity index (χ2v) is 7.21. The first-order chi connectivity index (χ1) is 12.7. The highest BCUT2D eigenvalue weighted by Crippen LogP contribution is 2.39. The molecule has 0 atom stereocenters. The summed E-state index contributed by atoms with van der Waals surface area (Å²) in [5.41, 5.74) is 2.00. The number of amides is 1. The fraction of sp³-hybridized carbons (Fsp3) is 0.474. The Bertz CT molecular complexity index is 754. The van der Waals surface area contributed by atoms with Crippen LogP contribution < -0.4 is 14.8 Å². The summed E-state index contributed by atoms with van der Waals surface area (Å²) in [6.07, 6.45) is 1.81. The molecule has 0 aliphatic carbocycles. The van der Waals surface area contributed by atoms with Gasteiger partial charge in [0.15, 0.2) is 11.5 Å². The van der Waals surface area contributed by atoms with Crippen molar-refractivity contribution in [2.24, 2.45) is 5.92 Å². The summed E-state index contributed by atoms with van der Waals surface area (Å²) in [5.74, 6) is 1.72. The van der Waals surface area contributed by atoms with Crippen molar-refractivity contribution in [3.05, 3.63) is 29.3 Å². The number of aromatic nitrogens is 1. The Balaban J connectivity index is 1.67. The van der Waals surface area contributed by atoms with Crippen LogP contribution in [0.15, 0.2) is 23.6 Å². The van der Waals surface area contributed by atoms with E-state index in [1.165, 1.54) is 0 Å². The largest absolute Gasteiger partial charge is 0.493 e. The van der Waals surface area contributed by atoms with Crippen LogP contribution in [-0.4, -0.2) is 50.1 Å². The zero-order valence-electron chi connectivity index (χ0n) is 15.4. The molecule has 0 saturated carbocycles. The van der Waals surface area contributed by atoms with E-state index >= 15 is 0 Å². The van der Waals surface area contributed by atoms with E-state index in [0.717, 1.165) is 48.7 Å². The number of nitrogens with zero attached hydrogens (tertiary/aromatic N) is 2. The maximum absolute atomic E-state index is 11.7. The number of thiazole rings is 1. The van der Waals surface area contributed by atoms with Gasteiger partial charge >= 0.3 is 0 Å². The zero-order chi connectivity index (χ0) is 18.5. The van der Waals surface area contributed by atoms with E-state index in [1.807, 2.05) is 18.2 Å². The number of methoxy groups -OCH3 is 2. The Morgan fingerprint density at radius 2 is 2.08 bits per heavy atom. The van der Waals surface area contributed by atoms with Gasteiger partial charge in [0.1, 0.15) is 5.01 Å². The molecule has 1 aliphatic heterocycles. The molecule has 1 aliphatic rings. The van der Waals surface area contributed by atoms with E-state index in [2.05, 4.69) is 15.6 Å². The number of likely N-dealkylation sites (tertiary alicyclic amines) is 1. The molecular formula is C19H25N3O3S. The van der Waals surface area contributed by atoms with Crippen molar-refractivity contribution in [3.8, 4) is 22.1 Å². The van der Waals surface area contributed by atoms with Crippen LogP contribution in [0.5, 0.6) is 11.5 Å².